The number of rotatable bonds is 1. The Kier molecular flexibility index (Phi) is 2.90. The zero-order chi connectivity index (χ0) is 10.8. The van der Waals surface area contributed by atoms with Crippen LogP contribution in [0.15, 0.2) is 12.3 Å². The number of nitrogens with zero attached hydrogens (tertiary/aromatic N) is 2. The Morgan fingerprint density at radius 3 is 2.50 bits per heavy atom. The smallest absolute Gasteiger partial charge is 0.101 e. The molecule has 0 spiro atoms. The molecule has 0 radical (unpaired) electrons. The SMILES string of the molecule is CCc1cc(C#N)cnc1C(C)(C)C. The van der Waals surface area contributed by atoms with Crippen molar-refractivity contribution in [3.05, 3.63) is 29.1 Å². The van der Waals surface area contributed by atoms with Gasteiger partial charge in [0.05, 0.1) is 5.56 Å². The van der Waals surface area contributed by atoms with Crippen molar-refractivity contribution in [1.29, 1.82) is 5.26 Å². The van der Waals surface area contributed by atoms with Crippen molar-refractivity contribution in [3.8, 4) is 6.07 Å². The summed E-state index contributed by atoms with van der Waals surface area (Å²) in [5, 5.41) is 8.76. The zero-order valence-corrected chi connectivity index (χ0v) is 9.26. The second-order valence-corrected chi connectivity index (χ2v) is 4.45. The van der Waals surface area contributed by atoms with Crippen molar-refractivity contribution in [1.82, 2.24) is 4.98 Å². The van der Waals surface area contributed by atoms with Gasteiger partial charge in [-0.25, -0.2) is 0 Å². The van der Waals surface area contributed by atoms with Gasteiger partial charge in [0.25, 0.3) is 0 Å². The summed E-state index contributed by atoms with van der Waals surface area (Å²) in [6.45, 7) is 8.51. The highest BCUT2D eigenvalue weighted by Gasteiger charge is 2.18. The molecule has 2 nitrogen and oxygen atoms in total. The van der Waals surface area contributed by atoms with Crippen molar-refractivity contribution < 1.29 is 0 Å². The van der Waals surface area contributed by atoms with Crippen LogP contribution in [-0.4, -0.2) is 4.98 Å². The number of aromatic nitrogens is 1. The highest BCUT2D eigenvalue weighted by Crippen LogP contribution is 2.24. The van der Waals surface area contributed by atoms with Gasteiger partial charge in [-0.2, -0.15) is 5.26 Å². The first-order chi connectivity index (χ1) is 6.49. The Morgan fingerprint density at radius 1 is 1.43 bits per heavy atom. The normalized spacial score (nSPS) is 11.1. The summed E-state index contributed by atoms with van der Waals surface area (Å²) in [5.41, 5.74) is 2.98. The van der Waals surface area contributed by atoms with Gasteiger partial charge in [0.2, 0.25) is 0 Å². The molecule has 1 aromatic heterocycles. The number of pyridine rings is 1. The maximum Gasteiger partial charge on any atom is 0.101 e. The van der Waals surface area contributed by atoms with Crippen molar-refractivity contribution in [2.24, 2.45) is 0 Å². The monoisotopic (exact) mass is 188 g/mol. The fourth-order valence-electron chi connectivity index (χ4n) is 1.52. The Labute approximate surface area is 85.6 Å². The molecule has 0 N–H and O–H groups in total. The lowest BCUT2D eigenvalue weighted by atomic mass is 9.87. The summed E-state index contributed by atoms with van der Waals surface area (Å²) in [6, 6.07) is 4.06. The Balaban J connectivity index is 3.27. The molecule has 74 valence electrons. The van der Waals surface area contributed by atoms with Crippen LogP contribution in [0.4, 0.5) is 0 Å². The summed E-state index contributed by atoms with van der Waals surface area (Å²) in [4.78, 5) is 4.37. The lowest BCUT2D eigenvalue weighted by Gasteiger charge is -2.20. The van der Waals surface area contributed by atoms with Gasteiger partial charge in [-0.05, 0) is 18.1 Å². The predicted molar refractivity (Wildman–Crippen MR) is 57.0 cm³/mol. The fraction of sp³-hybridized carbons (Fsp3) is 0.500. The maximum absolute atomic E-state index is 8.76. The number of hydrogen-bond acceptors (Lipinski definition) is 2. The molecule has 0 aliphatic rings. The van der Waals surface area contributed by atoms with E-state index in [1.54, 1.807) is 6.20 Å². The van der Waals surface area contributed by atoms with Crippen LogP contribution < -0.4 is 0 Å². The van der Waals surface area contributed by atoms with E-state index in [1.807, 2.05) is 6.07 Å². The Hall–Kier alpha value is -1.36. The summed E-state index contributed by atoms with van der Waals surface area (Å²) >= 11 is 0. The second kappa shape index (κ2) is 3.79. The lowest BCUT2D eigenvalue weighted by molar-refractivity contribution is 0.561. The number of hydrogen-bond donors (Lipinski definition) is 0. The molecule has 0 fully saturated rings. The third-order valence-corrected chi connectivity index (χ3v) is 2.19. The molecular weight excluding hydrogens is 172 g/mol. The first-order valence-corrected chi connectivity index (χ1v) is 4.88. The maximum atomic E-state index is 8.76. The van der Waals surface area contributed by atoms with E-state index >= 15 is 0 Å². The van der Waals surface area contributed by atoms with Crippen LogP contribution in [0, 0.1) is 11.3 Å². The average Bonchev–Trinajstić information content (AvgIpc) is 2.15. The summed E-state index contributed by atoms with van der Waals surface area (Å²) in [7, 11) is 0. The molecule has 14 heavy (non-hydrogen) atoms. The number of nitriles is 1. The Morgan fingerprint density at radius 2 is 2.07 bits per heavy atom. The van der Waals surface area contributed by atoms with Gasteiger partial charge in [0.1, 0.15) is 6.07 Å². The van der Waals surface area contributed by atoms with E-state index in [-0.39, 0.29) is 5.41 Å². The van der Waals surface area contributed by atoms with Gasteiger partial charge in [-0.3, -0.25) is 4.98 Å². The molecule has 0 atom stereocenters. The molecular formula is C12H16N2. The minimum atomic E-state index is 0.0549. The molecule has 1 rings (SSSR count). The third kappa shape index (κ3) is 2.11. The van der Waals surface area contributed by atoms with Gasteiger partial charge in [-0.15, -0.1) is 0 Å². The molecule has 0 aliphatic carbocycles. The van der Waals surface area contributed by atoms with Gasteiger partial charge in [-0.1, -0.05) is 27.7 Å². The molecule has 0 saturated heterocycles. The van der Waals surface area contributed by atoms with Crippen molar-refractivity contribution in [2.75, 3.05) is 0 Å². The van der Waals surface area contributed by atoms with E-state index in [0.29, 0.717) is 5.56 Å². The molecule has 0 bridgehead atoms. The molecule has 0 aliphatic heterocycles. The topological polar surface area (TPSA) is 36.7 Å². The highest BCUT2D eigenvalue weighted by atomic mass is 14.7. The molecule has 0 amide bonds. The van der Waals surface area contributed by atoms with Gasteiger partial charge in [0.15, 0.2) is 0 Å². The van der Waals surface area contributed by atoms with Crippen LogP contribution in [0.3, 0.4) is 0 Å². The van der Waals surface area contributed by atoms with Gasteiger partial charge in [0, 0.05) is 17.3 Å². The number of aryl methyl sites for hydroxylation is 1. The summed E-state index contributed by atoms with van der Waals surface area (Å²) < 4.78 is 0. The van der Waals surface area contributed by atoms with E-state index in [1.165, 1.54) is 5.56 Å². The fourth-order valence-corrected chi connectivity index (χ4v) is 1.52. The Bertz CT molecular complexity index is 367. The lowest BCUT2D eigenvalue weighted by Crippen LogP contribution is -2.16. The van der Waals surface area contributed by atoms with E-state index < -0.39 is 0 Å². The van der Waals surface area contributed by atoms with E-state index in [2.05, 4.69) is 38.7 Å². The molecule has 0 unspecified atom stereocenters. The van der Waals surface area contributed by atoms with Crippen LogP contribution in [-0.2, 0) is 11.8 Å². The molecule has 0 saturated carbocycles. The molecule has 1 heterocycles. The van der Waals surface area contributed by atoms with Crippen LogP contribution in [0.1, 0.15) is 44.5 Å². The van der Waals surface area contributed by atoms with Crippen molar-refractivity contribution >= 4 is 0 Å². The van der Waals surface area contributed by atoms with E-state index in [4.69, 9.17) is 5.26 Å². The quantitative estimate of drug-likeness (QED) is 0.679. The summed E-state index contributed by atoms with van der Waals surface area (Å²) in [5.74, 6) is 0. The standard InChI is InChI=1S/C12H16N2/c1-5-10-6-9(7-13)8-14-11(10)12(2,3)4/h6,8H,5H2,1-4H3. The van der Waals surface area contributed by atoms with Crippen LogP contribution in [0.2, 0.25) is 0 Å². The largest absolute Gasteiger partial charge is 0.259 e. The van der Waals surface area contributed by atoms with E-state index in [0.717, 1.165) is 12.1 Å². The van der Waals surface area contributed by atoms with Crippen molar-refractivity contribution in [3.63, 3.8) is 0 Å². The first kappa shape index (κ1) is 10.7. The zero-order valence-electron chi connectivity index (χ0n) is 9.26. The average molecular weight is 188 g/mol. The van der Waals surface area contributed by atoms with Crippen LogP contribution in [0.5, 0.6) is 0 Å². The third-order valence-electron chi connectivity index (χ3n) is 2.19. The second-order valence-electron chi connectivity index (χ2n) is 4.45. The predicted octanol–water partition coefficient (Wildman–Crippen LogP) is 2.81. The van der Waals surface area contributed by atoms with Gasteiger partial charge >= 0.3 is 0 Å². The van der Waals surface area contributed by atoms with Crippen LogP contribution in [0.25, 0.3) is 0 Å². The van der Waals surface area contributed by atoms with Crippen molar-refractivity contribution in [2.45, 2.75) is 39.5 Å². The molecule has 2 heteroatoms. The highest BCUT2D eigenvalue weighted by molar-refractivity contribution is 5.35. The first-order valence-electron chi connectivity index (χ1n) is 4.88. The summed E-state index contributed by atoms with van der Waals surface area (Å²) in [6.07, 6.45) is 2.58. The van der Waals surface area contributed by atoms with Gasteiger partial charge < -0.3 is 0 Å². The molecule has 1 aromatic rings. The van der Waals surface area contributed by atoms with E-state index in [9.17, 15) is 0 Å². The van der Waals surface area contributed by atoms with Crippen LogP contribution >= 0.6 is 0 Å². The minimum absolute atomic E-state index is 0.0549. The minimum Gasteiger partial charge on any atom is -0.259 e. The molecule has 0 aromatic carbocycles.